The molecule has 0 aromatic heterocycles. The topological polar surface area (TPSA) is 23.6 Å². The third kappa shape index (κ3) is 3.24. The molecule has 1 aliphatic rings. The van der Waals surface area contributed by atoms with Crippen LogP contribution in [-0.4, -0.2) is 17.6 Å². The van der Waals surface area contributed by atoms with E-state index in [0.717, 1.165) is 17.8 Å². The Hall–Kier alpha value is -2.98. The number of carbonyl (C=O) groups is 1. The molecule has 3 aromatic rings. The van der Waals surface area contributed by atoms with Crippen LogP contribution in [0.3, 0.4) is 0 Å². The number of carbonyl (C=O) groups excluding carboxylic acids is 1. The van der Waals surface area contributed by atoms with E-state index in [4.69, 9.17) is 12.2 Å². The summed E-state index contributed by atoms with van der Waals surface area (Å²) in [6.07, 6.45) is 0.890. The number of anilines is 2. The Balaban J connectivity index is 1.53. The summed E-state index contributed by atoms with van der Waals surface area (Å²) in [5.41, 5.74) is 4.27. The van der Waals surface area contributed by atoms with E-state index in [-0.39, 0.29) is 12.5 Å². The lowest BCUT2D eigenvalue weighted by Crippen LogP contribution is -2.32. The number of benzene rings is 3. The lowest BCUT2D eigenvalue weighted by atomic mass is 10.0. The first-order chi connectivity index (χ1) is 12.7. The Bertz CT molecular complexity index is 923. The van der Waals surface area contributed by atoms with Gasteiger partial charge in [-0.25, -0.2) is 0 Å². The summed E-state index contributed by atoms with van der Waals surface area (Å²) in [5.74, 6) is -0.00504. The Morgan fingerprint density at radius 2 is 1.31 bits per heavy atom. The molecule has 0 aliphatic carbocycles. The van der Waals surface area contributed by atoms with Crippen LogP contribution >= 0.6 is 12.2 Å². The largest absolute Gasteiger partial charge is 0.309 e. The summed E-state index contributed by atoms with van der Waals surface area (Å²) in [6.45, 7) is 0.270. The Labute approximate surface area is 158 Å². The zero-order valence-electron chi connectivity index (χ0n) is 14.2. The van der Waals surface area contributed by atoms with Gasteiger partial charge in [0.1, 0.15) is 6.54 Å². The third-order valence-corrected chi connectivity index (χ3v) is 4.88. The van der Waals surface area contributed by atoms with E-state index in [1.807, 2.05) is 53.4 Å². The molecule has 0 saturated carbocycles. The predicted molar refractivity (Wildman–Crippen MR) is 110 cm³/mol. The quantitative estimate of drug-likeness (QED) is 0.645. The minimum absolute atomic E-state index is 0.00504. The SMILES string of the molecule is O=C1CN(c2ccc(Cc3ccccc3)cc2)C(=S)N1c1ccccc1. The second kappa shape index (κ2) is 7.10. The van der Waals surface area contributed by atoms with Crippen LogP contribution in [-0.2, 0) is 11.2 Å². The molecule has 1 heterocycles. The van der Waals surface area contributed by atoms with Crippen molar-refractivity contribution in [3.8, 4) is 0 Å². The average Bonchev–Trinajstić information content (AvgIpc) is 2.98. The van der Waals surface area contributed by atoms with Gasteiger partial charge < -0.3 is 4.90 Å². The molecule has 0 radical (unpaired) electrons. The van der Waals surface area contributed by atoms with Crippen molar-refractivity contribution in [2.24, 2.45) is 0 Å². The first-order valence-corrected chi connectivity index (χ1v) is 8.95. The summed E-state index contributed by atoms with van der Waals surface area (Å²) in [4.78, 5) is 16.0. The Kier molecular flexibility index (Phi) is 4.50. The Morgan fingerprint density at radius 1 is 0.731 bits per heavy atom. The zero-order valence-corrected chi connectivity index (χ0v) is 15.0. The molecule has 1 fully saturated rings. The number of thiocarbonyl (C=S) groups is 1. The van der Waals surface area contributed by atoms with E-state index in [0.29, 0.717) is 5.11 Å². The van der Waals surface area contributed by atoms with Crippen molar-refractivity contribution in [2.75, 3.05) is 16.3 Å². The molecule has 0 spiro atoms. The third-order valence-electron chi connectivity index (χ3n) is 4.48. The molecule has 0 unspecified atom stereocenters. The number of nitrogens with zero attached hydrogens (tertiary/aromatic N) is 2. The van der Waals surface area contributed by atoms with Crippen LogP contribution in [0.2, 0.25) is 0 Å². The van der Waals surface area contributed by atoms with Crippen LogP contribution in [0.4, 0.5) is 11.4 Å². The van der Waals surface area contributed by atoms with E-state index >= 15 is 0 Å². The highest BCUT2D eigenvalue weighted by Gasteiger charge is 2.34. The lowest BCUT2D eigenvalue weighted by Gasteiger charge is -2.20. The van der Waals surface area contributed by atoms with E-state index in [9.17, 15) is 4.79 Å². The summed E-state index contributed by atoms with van der Waals surface area (Å²) < 4.78 is 0. The van der Waals surface area contributed by atoms with Crippen LogP contribution < -0.4 is 9.80 Å². The second-order valence-electron chi connectivity index (χ2n) is 6.26. The number of hydrogen-bond donors (Lipinski definition) is 0. The fourth-order valence-electron chi connectivity index (χ4n) is 3.16. The van der Waals surface area contributed by atoms with Crippen molar-refractivity contribution < 1.29 is 4.79 Å². The molecule has 128 valence electrons. The maximum atomic E-state index is 12.5. The maximum Gasteiger partial charge on any atom is 0.253 e. The minimum atomic E-state index is -0.00504. The first kappa shape index (κ1) is 16.5. The summed E-state index contributed by atoms with van der Waals surface area (Å²) >= 11 is 5.57. The molecule has 1 amide bonds. The molecule has 1 saturated heterocycles. The minimum Gasteiger partial charge on any atom is -0.309 e. The van der Waals surface area contributed by atoms with Gasteiger partial charge in [-0.1, -0.05) is 60.7 Å². The highest BCUT2D eigenvalue weighted by Crippen LogP contribution is 2.26. The van der Waals surface area contributed by atoms with Gasteiger partial charge in [0.15, 0.2) is 5.11 Å². The van der Waals surface area contributed by atoms with Gasteiger partial charge in [0.05, 0.1) is 5.69 Å². The van der Waals surface area contributed by atoms with Crippen LogP contribution in [0, 0.1) is 0 Å². The van der Waals surface area contributed by atoms with Crippen molar-refractivity contribution in [1.29, 1.82) is 0 Å². The van der Waals surface area contributed by atoms with E-state index in [1.165, 1.54) is 11.1 Å². The van der Waals surface area contributed by atoms with Crippen LogP contribution in [0.5, 0.6) is 0 Å². The van der Waals surface area contributed by atoms with Crippen molar-refractivity contribution in [1.82, 2.24) is 0 Å². The fourth-order valence-corrected chi connectivity index (χ4v) is 3.54. The van der Waals surface area contributed by atoms with Gasteiger partial charge >= 0.3 is 0 Å². The van der Waals surface area contributed by atoms with Gasteiger partial charge in [0.2, 0.25) is 0 Å². The lowest BCUT2D eigenvalue weighted by molar-refractivity contribution is -0.115. The second-order valence-corrected chi connectivity index (χ2v) is 6.63. The summed E-state index contributed by atoms with van der Waals surface area (Å²) in [5, 5.41) is 0.525. The highest BCUT2D eigenvalue weighted by molar-refractivity contribution is 7.81. The molecule has 0 atom stereocenters. The number of rotatable bonds is 4. The molecule has 0 bridgehead atoms. The predicted octanol–water partition coefficient (Wildman–Crippen LogP) is 4.42. The fraction of sp³-hybridized carbons (Fsp3) is 0.0909. The van der Waals surface area contributed by atoms with Crippen molar-refractivity contribution in [2.45, 2.75) is 6.42 Å². The zero-order chi connectivity index (χ0) is 17.9. The van der Waals surface area contributed by atoms with Crippen molar-refractivity contribution in [3.63, 3.8) is 0 Å². The molecule has 3 aromatic carbocycles. The standard InChI is InChI=1S/C22H18N2OS/c25-21-16-23(22(26)24(21)20-9-5-2-6-10-20)19-13-11-18(12-14-19)15-17-7-3-1-4-8-17/h1-14H,15-16H2. The first-order valence-electron chi connectivity index (χ1n) is 8.55. The molecule has 4 rings (SSSR count). The summed E-state index contributed by atoms with van der Waals surface area (Å²) in [6, 6.07) is 28.2. The number of hydrogen-bond acceptors (Lipinski definition) is 2. The van der Waals surface area contributed by atoms with Crippen molar-refractivity contribution >= 4 is 34.6 Å². The highest BCUT2D eigenvalue weighted by atomic mass is 32.1. The van der Waals surface area contributed by atoms with Crippen molar-refractivity contribution in [3.05, 3.63) is 96.1 Å². The Morgan fingerprint density at radius 3 is 1.96 bits per heavy atom. The van der Waals surface area contributed by atoms with Gasteiger partial charge in [-0.2, -0.15) is 0 Å². The molecular weight excluding hydrogens is 340 g/mol. The van der Waals surface area contributed by atoms with E-state index in [2.05, 4.69) is 36.4 Å². The number of para-hydroxylation sites is 1. The summed E-state index contributed by atoms with van der Waals surface area (Å²) in [7, 11) is 0. The number of amides is 1. The monoisotopic (exact) mass is 358 g/mol. The van der Waals surface area contributed by atoms with Gasteiger partial charge in [0, 0.05) is 5.69 Å². The smallest absolute Gasteiger partial charge is 0.253 e. The molecule has 1 aliphatic heterocycles. The molecular formula is C22H18N2OS. The van der Waals surface area contributed by atoms with E-state index < -0.39 is 0 Å². The molecule has 26 heavy (non-hydrogen) atoms. The van der Waals surface area contributed by atoms with Gasteiger partial charge in [-0.15, -0.1) is 0 Å². The maximum absolute atomic E-state index is 12.5. The van der Waals surface area contributed by atoms with Gasteiger partial charge in [-0.3, -0.25) is 9.69 Å². The van der Waals surface area contributed by atoms with Crippen LogP contribution in [0.1, 0.15) is 11.1 Å². The van der Waals surface area contributed by atoms with E-state index in [1.54, 1.807) is 4.90 Å². The molecule has 4 heteroatoms. The normalized spacial score (nSPS) is 14.2. The van der Waals surface area contributed by atoms with Gasteiger partial charge in [0.25, 0.3) is 5.91 Å². The molecule has 3 nitrogen and oxygen atoms in total. The van der Waals surface area contributed by atoms with Crippen LogP contribution in [0.25, 0.3) is 0 Å². The average molecular weight is 358 g/mol. The van der Waals surface area contributed by atoms with Crippen LogP contribution in [0.15, 0.2) is 84.9 Å². The molecule has 0 N–H and O–H groups in total. The van der Waals surface area contributed by atoms with Gasteiger partial charge in [-0.05, 0) is 54.0 Å².